The maximum absolute atomic E-state index is 4.87. The van der Waals surface area contributed by atoms with Gasteiger partial charge < -0.3 is 4.57 Å². The van der Waals surface area contributed by atoms with Gasteiger partial charge in [-0.05, 0) is 47.0 Å². The number of para-hydroxylation sites is 3. The Morgan fingerprint density at radius 3 is 2.62 bits per heavy atom. The Labute approximate surface area is 158 Å². The van der Waals surface area contributed by atoms with Crippen LogP contribution in [0.15, 0.2) is 48.5 Å². The van der Waals surface area contributed by atoms with Gasteiger partial charge in [0.2, 0.25) is 0 Å². The van der Waals surface area contributed by atoms with E-state index < -0.39 is 0 Å². The van der Waals surface area contributed by atoms with Gasteiger partial charge >= 0.3 is 0 Å². The average Bonchev–Trinajstić information content (AvgIpc) is 3.11. The zero-order valence-electron chi connectivity index (χ0n) is 13.3. The highest BCUT2D eigenvalue weighted by molar-refractivity contribution is 14.1. The van der Waals surface area contributed by atoms with Gasteiger partial charge in [0, 0.05) is 17.7 Å². The largest absolute Gasteiger partial charge is 0.326 e. The van der Waals surface area contributed by atoms with E-state index in [9.17, 15) is 0 Å². The van der Waals surface area contributed by atoms with Crippen LogP contribution in [-0.2, 0) is 13.1 Å². The molecule has 2 aromatic heterocycles. The molecule has 0 amide bonds. The molecule has 4 aromatic rings. The lowest BCUT2D eigenvalue weighted by molar-refractivity contribution is 0.628. The molecule has 0 spiro atoms. The lowest BCUT2D eigenvalue weighted by Gasteiger charge is -2.09. The molecular weight excluding hydrogens is 431 g/mol. The van der Waals surface area contributed by atoms with Gasteiger partial charge in [-0.1, -0.05) is 30.3 Å². The van der Waals surface area contributed by atoms with Gasteiger partial charge in [-0.25, -0.2) is 4.98 Å². The molecule has 0 unspecified atom stereocenters. The van der Waals surface area contributed by atoms with Crippen LogP contribution in [0, 0.1) is 3.70 Å². The van der Waals surface area contributed by atoms with Crippen LogP contribution >= 0.6 is 34.4 Å². The number of hydrogen-bond acceptors (Lipinski definition) is 3. The van der Waals surface area contributed by atoms with Crippen molar-refractivity contribution in [1.82, 2.24) is 19.3 Å². The molecule has 122 valence electrons. The maximum atomic E-state index is 4.87. The predicted octanol–water partition coefficient (Wildman–Crippen LogP) is 4.40. The molecule has 6 heteroatoms. The number of benzene rings is 2. The third-order valence-electron chi connectivity index (χ3n) is 4.16. The molecule has 4 rings (SSSR count). The number of halogens is 1. The normalized spacial score (nSPS) is 11.6. The van der Waals surface area contributed by atoms with Gasteiger partial charge in [-0.3, -0.25) is 4.68 Å². The number of thioether (sulfide) groups is 1. The fourth-order valence-electron chi connectivity index (χ4n) is 3.02. The molecule has 24 heavy (non-hydrogen) atoms. The second-order valence-corrected chi connectivity index (χ2v) is 7.63. The summed E-state index contributed by atoms with van der Waals surface area (Å²) in [4.78, 5) is 4.87. The fourth-order valence-corrected chi connectivity index (χ4v) is 4.10. The number of nitrogens with zero attached hydrogens (tertiary/aromatic N) is 4. The number of fused-ring (bicyclic) bond motifs is 2. The first-order valence-electron chi connectivity index (χ1n) is 7.82. The Kier molecular flexibility index (Phi) is 4.49. The van der Waals surface area contributed by atoms with Crippen LogP contribution in [-0.4, -0.2) is 31.3 Å². The van der Waals surface area contributed by atoms with E-state index in [1.54, 1.807) is 0 Å². The molecule has 0 atom stereocenters. The van der Waals surface area contributed by atoms with Crippen molar-refractivity contribution in [3.63, 3.8) is 0 Å². The van der Waals surface area contributed by atoms with Gasteiger partial charge in [0.15, 0.2) is 0 Å². The summed E-state index contributed by atoms with van der Waals surface area (Å²) in [5.74, 6) is 2.14. The summed E-state index contributed by atoms with van der Waals surface area (Å²) in [6, 6.07) is 16.7. The summed E-state index contributed by atoms with van der Waals surface area (Å²) in [6.45, 7) is 1.65. The third-order valence-corrected chi connectivity index (χ3v) is 5.54. The first-order chi connectivity index (χ1) is 11.8. The quantitative estimate of drug-likeness (QED) is 0.425. The topological polar surface area (TPSA) is 35.6 Å². The predicted molar refractivity (Wildman–Crippen MR) is 110 cm³/mol. The molecule has 0 saturated heterocycles. The van der Waals surface area contributed by atoms with Gasteiger partial charge in [-0.15, -0.1) is 0 Å². The molecule has 0 fully saturated rings. The van der Waals surface area contributed by atoms with E-state index in [0.29, 0.717) is 6.54 Å². The van der Waals surface area contributed by atoms with Crippen LogP contribution in [0.5, 0.6) is 0 Å². The minimum atomic E-state index is 0.687. The molecule has 0 N–H and O–H groups in total. The smallest absolute Gasteiger partial charge is 0.131 e. The van der Waals surface area contributed by atoms with E-state index in [4.69, 9.17) is 10.1 Å². The summed E-state index contributed by atoms with van der Waals surface area (Å²) in [5, 5.41) is 5.92. The van der Waals surface area contributed by atoms with Crippen LogP contribution in [0.1, 0.15) is 5.82 Å². The third kappa shape index (κ3) is 2.82. The van der Waals surface area contributed by atoms with E-state index in [-0.39, 0.29) is 0 Å². The summed E-state index contributed by atoms with van der Waals surface area (Å²) in [7, 11) is 0. The highest BCUT2D eigenvalue weighted by atomic mass is 127. The van der Waals surface area contributed by atoms with Gasteiger partial charge in [-0.2, -0.15) is 16.9 Å². The Bertz CT molecular complexity index is 1000. The van der Waals surface area contributed by atoms with Gasteiger partial charge in [0.05, 0.1) is 23.1 Å². The Morgan fingerprint density at radius 1 is 1.04 bits per heavy atom. The van der Waals surface area contributed by atoms with Crippen molar-refractivity contribution in [3.05, 3.63) is 58.1 Å². The molecule has 0 radical (unpaired) electrons. The van der Waals surface area contributed by atoms with Crippen LogP contribution < -0.4 is 0 Å². The van der Waals surface area contributed by atoms with Crippen LogP contribution in [0.25, 0.3) is 21.9 Å². The zero-order valence-corrected chi connectivity index (χ0v) is 16.3. The zero-order chi connectivity index (χ0) is 16.5. The summed E-state index contributed by atoms with van der Waals surface area (Å²) in [5.41, 5.74) is 3.41. The van der Waals surface area contributed by atoms with Crippen molar-refractivity contribution in [2.75, 3.05) is 12.0 Å². The standard InChI is InChI=1S/C18H17IN4S/c1-24-11-10-22-16-9-5-3-7-14(16)20-17(22)12-23-15-8-4-2-6-13(15)18(19)21-23/h2-9H,10-12H2,1H3. The fraction of sp³-hybridized carbons (Fsp3) is 0.222. The minimum absolute atomic E-state index is 0.687. The van der Waals surface area contributed by atoms with Crippen molar-refractivity contribution in [2.45, 2.75) is 13.1 Å². The monoisotopic (exact) mass is 448 g/mol. The van der Waals surface area contributed by atoms with Crippen molar-refractivity contribution < 1.29 is 0 Å². The van der Waals surface area contributed by atoms with Gasteiger partial charge in [0.1, 0.15) is 9.53 Å². The molecule has 0 aliphatic carbocycles. The first-order valence-corrected chi connectivity index (χ1v) is 10.3. The van der Waals surface area contributed by atoms with E-state index in [2.05, 4.69) is 80.6 Å². The number of imidazole rings is 1. The summed E-state index contributed by atoms with van der Waals surface area (Å²) < 4.78 is 5.43. The van der Waals surface area contributed by atoms with E-state index in [1.165, 1.54) is 10.9 Å². The SMILES string of the molecule is CSCCn1c(Cn2nc(I)c3ccccc32)nc2ccccc21. The van der Waals surface area contributed by atoms with Crippen molar-refractivity contribution in [2.24, 2.45) is 0 Å². The van der Waals surface area contributed by atoms with Crippen molar-refractivity contribution in [1.29, 1.82) is 0 Å². The second-order valence-electron chi connectivity index (χ2n) is 5.63. The van der Waals surface area contributed by atoms with Gasteiger partial charge in [0.25, 0.3) is 0 Å². The highest BCUT2D eigenvalue weighted by Gasteiger charge is 2.14. The summed E-state index contributed by atoms with van der Waals surface area (Å²) >= 11 is 4.16. The first kappa shape index (κ1) is 16.0. The van der Waals surface area contributed by atoms with Crippen LogP contribution in [0.2, 0.25) is 0 Å². The maximum Gasteiger partial charge on any atom is 0.131 e. The Hall–Kier alpha value is -1.54. The molecule has 0 saturated carbocycles. The lowest BCUT2D eigenvalue weighted by atomic mass is 10.2. The lowest BCUT2D eigenvalue weighted by Crippen LogP contribution is -2.11. The molecule has 2 aromatic carbocycles. The molecule has 4 nitrogen and oxygen atoms in total. The average molecular weight is 448 g/mol. The van der Waals surface area contributed by atoms with E-state index >= 15 is 0 Å². The van der Waals surface area contributed by atoms with Crippen LogP contribution in [0.3, 0.4) is 0 Å². The molecular formula is C18H17IN4S. The van der Waals surface area contributed by atoms with Crippen molar-refractivity contribution in [3.8, 4) is 0 Å². The number of aromatic nitrogens is 4. The van der Waals surface area contributed by atoms with Crippen LogP contribution in [0.4, 0.5) is 0 Å². The number of aryl methyl sites for hydroxylation is 1. The molecule has 0 bridgehead atoms. The Balaban J connectivity index is 1.81. The van der Waals surface area contributed by atoms with Crippen molar-refractivity contribution >= 4 is 56.3 Å². The number of hydrogen-bond donors (Lipinski definition) is 0. The van der Waals surface area contributed by atoms with E-state index in [0.717, 1.165) is 32.9 Å². The van der Waals surface area contributed by atoms with E-state index in [1.807, 2.05) is 17.8 Å². The second kappa shape index (κ2) is 6.76. The Morgan fingerprint density at radius 2 is 1.79 bits per heavy atom. The summed E-state index contributed by atoms with van der Waals surface area (Å²) in [6.07, 6.45) is 2.14. The minimum Gasteiger partial charge on any atom is -0.326 e. The molecule has 0 aliphatic rings. The molecule has 0 aliphatic heterocycles. The highest BCUT2D eigenvalue weighted by Crippen LogP contribution is 2.22. The molecule has 2 heterocycles. The number of rotatable bonds is 5.